The van der Waals surface area contributed by atoms with Gasteiger partial charge in [0.05, 0.1) is 0 Å². The molecule has 0 aromatic heterocycles. The summed E-state index contributed by atoms with van der Waals surface area (Å²) in [5, 5.41) is 3.08. The van der Waals surface area contributed by atoms with Crippen LogP contribution in [-0.2, 0) is 16.1 Å². The van der Waals surface area contributed by atoms with Gasteiger partial charge in [0.15, 0.2) is 0 Å². The molecule has 0 radical (unpaired) electrons. The summed E-state index contributed by atoms with van der Waals surface area (Å²) < 4.78 is 0. The molecule has 0 saturated heterocycles. The molecule has 1 atom stereocenters. The van der Waals surface area contributed by atoms with Gasteiger partial charge in [-0.1, -0.05) is 37.3 Å². The molecule has 4 nitrogen and oxygen atoms in total. The van der Waals surface area contributed by atoms with Crippen LogP contribution in [0.2, 0.25) is 0 Å². The van der Waals surface area contributed by atoms with Gasteiger partial charge in [0, 0.05) is 30.5 Å². The van der Waals surface area contributed by atoms with E-state index in [1.54, 1.807) is 0 Å². The summed E-state index contributed by atoms with van der Waals surface area (Å²) in [4.78, 5) is 27.4. The summed E-state index contributed by atoms with van der Waals surface area (Å²) in [5.41, 5.74) is 1.16. The van der Waals surface area contributed by atoms with E-state index < -0.39 is 0 Å². The maximum atomic E-state index is 13.1. The lowest BCUT2D eigenvalue weighted by Crippen LogP contribution is -2.43. The molecule has 0 bridgehead atoms. The first-order valence-electron chi connectivity index (χ1n) is 10.1. The number of hydrogen-bond acceptors (Lipinski definition) is 2. The van der Waals surface area contributed by atoms with E-state index in [-0.39, 0.29) is 35.7 Å². The van der Waals surface area contributed by atoms with Crippen molar-refractivity contribution in [2.75, 3.05) is 0 Å². The van der Waals surface area contributed by atoms with Gasteiger partial charge in [-0.3, -0.25) is 9.59 Å². The smallest absolute Gasteiger partial charge is 0.226 e. The second-order valence-corrected chi connectivity index (χ2v) is 7.91. The summed E-state index contributed by atoms with van der Waals surface area (Å²) in [7, 11) is 0. The van der Waals surface area contributed by atoms with Crippen LogP contribution in [0.4, 0.5) is 0 Å². The van der Waals surface area contributed by atoms with Gasteiger partial charge < -0.3 is 10.2 Å². The summed E-state index contributed by atoms with van der Waals surface area (Å²) in [6, 6.07) is 10.6. The van der Waals surface area contributed by atoms with Crippen molar-refractivity contribution < 1.29 is 9.59 Å². The number of nitrogens with one attached hydrogen (secondary N) is 1. The molecule has 1 aliphatic rings. The molecule has 1 aromatic rings. The van der Waals surface area contributed by atoms with E-state index in [0.29, 0.717) is 6.54 Å². The van der Waals surface area contributed by atoms with Crippen molar-refractivity contribution >= 4 is 11.8 Å². The third kappa shape index (κ3) is 5.58. The monoisotopic (exact) mass is 358 g/mol. The molecule has 1 N–H and O–H groups in total. The van der Waals surface area contributed by atoms with Crippen molar-refractivity contribution in [2.45, 2.75) is 78.4 Å². The Bertz CT molecular complexity index is 577. The van der Waals surface area contributed by atoms with Crippen molar-refractivity contribution in [2.24, 2.45) is 11.8 Å². The van der Waals surface area contributed by atoms with Crippen LogP contribution in [0.15, 0.2) is 30.3 Å². The topological polar surface area (TPSA) is 49.4 Å². The van der Waals surface area contributed by atoms with Crippen LogP contribution < -0.4 is 5.32 Å². The molecule has 1 aromatic carbocycles. The predicted molar refractivity (Wildman–Crippen MR) is 105 cm³/mol. The number of nitrogens with zero attached hydrogens (tertiary/aromatic N) is 1. The van der Waals surface area contributed by atoms with Crippen LogP contribution in [0.5, 0.6) is 0 Å². The lowest BCUT2D eigenvalue weighted by Gasteiger charge is -2.34. The molecule has 4 heteroatoms. The maximum absolute atomic E-state index is 13.1. The first-order valence-corrected chi connectivity index (χ1v) is 10.1. The minimum atomic E-state index is 0.0498. The number of carbonyl (C=O) groups excluding carboxylic acids is 2. The Morgan fingerprint density at radius 1 is 1.04 bits per heavy atom. The maximum Gasteiger partial charge on any atom is 0.226 e. The molecule has 0 aliphatic heterocycles. The van der Waals surface area contributed by atoms with E-state index >= 15 is 0 Å². The van der Waals surface area contributed by atoms with Crippen LogP contribution in [0.25, 0.3) is 0 Å². The van der Waals surface area contributed by atoms with Crippen LogP contribution in [0.3, 0.4) is 0 Å². The molecule has 2 rings (SSSR count). The van der Waals surface area contributed by atoms with Gasteiger partial charge in [-0.25, -0.2) is 0 Å². The van der Waals surface area contributed by atoms with Gasteiger partial charge in [0.1, 0.15) is 0 Å². The van der Waals surface area contributed by atoms with Gasteiger partial charge in [-0.2, -0.15) is 0 Å². The Kier molecular flexibility index (Phi) is 7.67. The highest BCUT2D eigenvalue weighted by Crippen LogP contribution is 2.31. The van der Waals surface area contributed by atoms with Gasteiger partial charge in [-0.05, 0) is 58.4 Å². The average Bonchev–Trinajstić information content (AvgIpc) is 2.66. The Morgan fingerprint density at radius 2 is 1.62 bits per heavy atom. The van der Waals surface area contributed by atoms with E-state index in [9.17, 15) is 9.59 Å². The average molecular weight is 359 g/mol. The van der Waals surface area contributed by atoms with Gasteiger partial charge in [-0.15, -0.1) is 0 Å². The number of rotatable bonds is 7. The molecule has 1 aliphatic carbocycles. The predicted octanol–water partition coefficient (Wildman–Crippen LogP) is 4.14. The number of hydrogen-bond donors (Lipinski definition) is 1. The Hall–Kier alpha value is -1.84. The minimum absolute atomic E-state index is 0.0498. The van der Waals surface area contributed by atoms with Crippen molar-refractivity contribution in [3.05, 3.63) is 35.9 Å². The van der Waals surface area contributed by atoms with Gasteiger partial charge >= 0.3 is 0 Å². The molecule has 144 valence electrons. The third-order valence-electron chi connectivity index (χ3n) is 5.55. The number of carbonyl (C=O) groups is 2. The molecule has 0 spiro atoms. The standard InChI is InChI=1S/C22H34N2O2/c1-5-17(4)23-21(25)19-11-13-20(14-12-19)22(26)24(16(2)3)15-18-9-7-6-8-10-18/h6-10,16-17,19-20H,5,11-15H2,1-4H3,(H,23,25). The van der Waals surface area contributed by atoms with E-state index in [1.165, 1.54) is 0 Å². The zero-order chi connectivity index (χ0) is 19.1. The molecule has 0 heterocycles. The zero-order valence-corrected chi connectivity index (χ0v) is 16.7. The molecular formula is C22H34N2O2. The highest BCUT2D eigenvalue weighted by Gasteiger charge is 2.33. The lowest BCUT2D eigenvalue weighted by atomic mass is 9.80. The Labute approximate surface area is 158 Å². The molecule has 1 unspecified atom stereocenters. The van der Waals surface area contributed by atoms with Crippen molar-refractivity contribution in [1.82, 2.24) is 10.2 Å². The fraction of sp³-hybridized carbons (Fsp3) is 0.636. The molecule has 1 fully saturated rings. The summed E-state index contributed by atoms with van der Waals surface area (Å²) in [5.74, 6) is 0.517. The Balaban J connectivity index is 1.92. The lowest BCUT2D eigenvalue weighted by molar-refractivity contribution is -0.140. The van der Waals surface area contributed by atoms with E-state index in [2.05, 4.69) is 38.2 Å². The van der Waals surface area contributed by atoms with Crippen molar-refractivity contribution in [3.63, 3.8) is 0 Å². The highest BCUT2D eigenvalue weighted by atomic mass is 16.2. The summed E-state index contributed by atoms with van der Waals surface area (Å²) in [6.45, 7) is 8.93. The second kappa shape index (κ2) is 9.75. The summed E-state index contributed by atoms with van der Waals surface area (Å²) in [6.07, 6.45) is 4.21. The normalized spacial score (nSPS) is 21.3. The quantitative estimate of drug-likeness (QED) is 0.796. The molecule has 2 amide bonds. The SMILES string of the molecule is CCC(C)NC(=O)C1CCC(C(=O)N(Cc2ccccc2)C(C)C)CC1. The fourth-order valence-electron chi connectivity index (χ4n) is 3.59. The molecule has 26 heavy (non-hydrogen) atoms. The van der Waals surface area contributed by atoms with Crippen LogP contribution >= 0.6 is 0 Å². The van der Waals surface area contributed by atoms with Crippen molar-refractivity contribution in [1.29, 1.82) is 0 Å². The summed E-state index contributed by atoms with van der Waals surface area (Å²) >= 11 is 0. The van der Waals surface area contributed by atoms with E-state index in [0.717, 1.165) is 37.7 Å². The first kappa shape index (κ1) is 20.5. The van der Waals surface area contributed by atoms with E-state index in [4.69, 9.17) is 0 Å². The number of amides is 2. The molecular weight excluding hydrogens is 324 g/mol. The van der Waals surface area contributed by atoms with Crippen molar-refractivity contribution in [3.8, 4) is 0 Å². The largest absolute Gasteiger partial charge is 0.353 e. The fourth-order valence-corrected chi connectivity index (χ4v) is 3.59. The second-order valence-electron chi connectivity index (χ2n) is 7.91. The highest BCUT2D eigenvalue weighted by molar-refractivity contribution is 5.81. The Morgan fingerprint density at radius 3 is 2.15 bits per heavy atom. The van der Waals surface area contributed by atoms with Crippen LogP contribution in [0.1, 0.15) is 65.4 Å². The zero-order valence-electron chi connectivity index (χ0n) is 16.7. The molecule has 1 saturated carbocycles. The first-order chi connectivity index (χ1) is 12.4. The number of benzene rings is 1. The minimum Gasteiger partial charge on any atom is -0.353 e. The van der Waals surface area contributed by atoms with Gasteiger partial charge in [0.25, 0.3) is 0 Å². The van der Waals surface area contributed by atoms with Gasteiger partial charge in [0.2, 0.25) is 11.8 Å². The third-order valence-corrected chi connectivity index (χ3v) is 5.55. The van der Waals surface area contributed by atoms with Crippen LogP contribution in [0, 0.1) is 11.8 Å². The van der Waals surface area contributed by atoms with E-state index in [1.807, 2.05) is 30.0 Å². The van der Waals surface area contributed by atoms with Crippen LogP contribution in [-0.4, -0.2) is 28.8 Å².